The summed E-state index contributed by atoms with van der Waals surface area (Å²) in [5.41, 5.74) is 0.155. The van der Waals surface area contributed by atoms with Gasteiger partial charge >= 0.3 is 11.9 Å². The molecule has 0 spiro atoms. The number of rotatable bonds is 10. The zero-order valence-electron chi connectivity index (χ0n) is 19.1. The normalized spacial score (nSPS) is 11.1. The van der Waals surface area contributed by atoms with Crippen LogP contribution in [0.25, 0.3) is 0 Å². The smallest absolute Gasteiger partial charge is 0.337 e. The maximum atomic E-state index is 13.0. The molecule has 12 heteroatoms. The minimum Gasteiger partial charge on any atom is -0.482 e. The van der Waals surface area contributed by atoms with Gasteiger partial charge in [-0.05, 0) is 36.4 Å². The highest BCUT2D eigenvalue weighted by molar-refractivity contribution is 7.89. The number of esters is 2. The lowest BCUT2D eigenvalue weighted by Crippen LogP contribution is -2.31. The lowest BCUT2D eigenvalue weighted by molar-refractivity contribution is -0.118. The molecule has 34 heavy (non-hydrogen) atoms. The number of hydrogen-bond donors (Lipinski definition) is 1. The molecule has 0 saturated carbocycles. The number of halogens is 1. The fourth-order valence-corrected chi connectivity index (χ4v) is 4.87. The summed E-state index contributed by atoms with van der Waals surface area (Å²) in [6.07, 6.45) is 0. The standard InChI is InChI=1S/C22H25ClN2O8S/c1-5-25(6-2)34(29,30)19-12-16(23)7-8-18(19)33-13-20(26)24-17-10-14(21(27)31-3)9-15(11-17)22(28)32-4/h7-12H,5-6,13H2,1-4H3,(H,24,26). The lowest BCUT2D eigenvalue weighted by atomic mass is 10.1. The molecule has 0 radical (unpaired) electrons. The molecule has 0 aliphatic rings. The second kappa shape index (κ2) is 11.8. The van der Waals surface area contributed by atoms with Crippen molar-refractivity contribution in [2.45, 2.75) is 18.7 Å². The second-order valence-electron chi connectivity index (χ2n) is 6.80. The van der Waals surface area contributed by atoms with Gasteiger partial charge in [0.2, 0.25) is 10.0 Å². The van der Waals surface area contributed by atoms with Gasteiger partial charge in [0.25, 0.3) is 5.91 Å². The Labute approximate surface area is 202 Å². The lowest BCUT2D eigenvalue weighted by Gasteiger charge is -2.20. The van der Waals surface area contributed by atoms with Crippen LogP contribution < -0.4 is 10.1 Å². The maximum Gasteiger partial charge on any atom is 0.337 e. The number of nitrogens with zero attached hydrogens (tertiary/aromatic N) is 1. The zero-order chi connectivity index (χ0) is 25.5. The molecule has 0 unspecified atom stereocenters. The number of nitrogens with one attached hydrogen (secondary N) is 1. The molecule has 0 bridgehead atoms. The molecule has 2 aromatic rings. The van der Waals surface area contributed by atoms with Crippen molar-refractivity contribution in [2.24, 2.45) is 0 Å². The van der Waals surface area contributed by atoms with Crippen LogP contribution in [0.2, 0.25) is 5.02 Å². The van der Waals surface area contributed by atoms with Gasteiger partial charge in [-0.3, -0.25) is 4.79 Å². The van der Waals surface area contributed by atoms with Crippen molar-refractivity contribution in [2.75, 3.05) is 39.2 Å². The number of sulfonamides is 1. The summed E-state index contributed by atoms with van der Waals surface area (Å²) in [5, 5.41) is 2.69. The number of hydrogen-bond acceptors (Lipinski definition) is 8. The molecule has 0 atom stereocenters. The van der Waals surface area contributed by atoms with Crippen molar-refractivity contribution in [1.29, 1.82) is 0 Å². The number of benzene rings is 2. The van der Waals surface area contributed by atoms with Crippen molar-refractivity contribution < 1.29 is 37.0 Å². The third kappa shape index (κ3) is 6.46. The van der Waals surface area contributed by atoms with E-state index in [0.29, 0.717) is 0 Å². The third-order valence-corrected chi connectivity index (χ3v) is 6.95. The van der Waals surface area contributed by atoms with Crippen LogP contribution in [0.15, 0.2) is 41.3 Å². The van der Waals surface area contributed by atoms with Gasteiger partial charge in [0.1, 0.15) is 10.6 Å². The summed E-state index contributed by atoms with van der Waals surface area (Å²) in [7, 11) is -1.56. The maximum absolute atomic E-state index is 13.0. The van der Waals surface area contributed by atoms with Gasteiger partial charge in [0, 0.05) is 23.8 Å². The van der Waals surface area contributed by atoms with E-state index in [0.717, 1.165) is 0 Å². The van der Waals surface area contributed by atoms with Crippen LogP contribution in [0.4, 0.5) is 5.69 Å². The minimum atomic E-state index is -3.91. The van der Waals surface area contributed by atoms with Crippen LogP contribution in [0, 0.1) is 0 Å². The number of amides is 1. The zero-order valence-corrected chi connectivity index (χ0v) is 20.7. The minimum absolute atomic E-state index is 0.0203. The van der Waals surface area contributed by atoms with Gasteiger partial charge in [-0.1, -0.05) is 25.4 Å². The molecule has 2 rings (SSSR count). The van der Waals surface area contributed by atoms with E-state index in [1.54, 1.807) is 13.8 Å². The van der Waals surface area contributed by atoms with Crippen LogP contribution >= 0.6 is 11.6 Å². The summed E-state index contributed by atoms with van der Waals surface area (Å²) in [4.78, 5) is 36.1. The fraction of sp³-hybridized carbons (Fsp3) is 0.318. The highest BCUT2D eigenvalue weighted by Gasteiger charge is 2.26. The summed E-state index contributed by atoms with van der Waals surface area (Å²) >= 11 is 6.00. The van der Waals surface area contributed by atoms with Gasteiger partial charge in [-0.2, -0.15) is 4.31 Å². The summed E-state index contributed by atoms with van der Waals surface area (Å²) < 4.78 is 42.0. The van der Waals surface area contributed by atoms with Crippen LogP contribution in [-0.2, 0) is 24.3 Å². The van der Waals surface area contributed by atoms with Gasteiger partial charge in [0.15, 0.2) is 6.61 Å². The molecule has 2 aromatic carbocycles. The Bertz CT molecular complexity index is 1150. The van der Waals surface area contributed by atoms with Crippen molar-refractivity contribution in [3.8, 4) is 5.75 Å². The molecule has 0 fully saturated rings. The molecule has 0 aliphatic carbocycles. The highest BCUT2D eigenvalue weighted by atomic mass is 35.5. The molecule has 0 aromatic heterocycles. The topological polar surface area (TPSA) is 128 Å². The molecular weight excluding hydrogens is 488 g/mol. The molecular formula is C22H25ClN2O8S. The molecule has 1 N–H and O–H groups in total. The fourth-order valence-electron chi connectivity index (χ4n) is 3.02. The summed E-state index contributed by atoms with van der Waals surface area (Å²) in [6.45, 7) is 3.32. The van der Waals surface area contributed by atoms with Crippen LogP contribution in [0.1, 0.15) is 34.6 Å². The Morgan fingerprint density at radius 2 is 1.50 bits per heavy atom. The van der Waals surface area contributed by atoms with Gasteiger partial charge < -0.3 is 19.5 Å². The number of carbonyl (C=O) groups excluding carboxylic acids is 3. The highest BCUT2D eigenvalue weighted by Crippen LogP contribution is 2.30. The Morgan fingerprint density at radius 1 is 0.941 bits per heavy atom. The molecule has 1 amide bonds. The number of ether oxygens (including phenoxy) is 3. The molecule has 0 aliphatic heterocycles. The molecule has 0 heterocycles. The monoisotopic (exact) mass is 512 g/mol. The van der Waals surface area contributed by atoms with E-state index in [9.17, 15) is 22.8 Å². The van der Waals surface area contributed by atoms with E-state index in [2.05, 4.69) is 14.8 Å². The first-order valence-electron chi connectivity index (χ1n) is 10.1. The average molecular weight is 513 g/mol. The molecule has 0 saturated heterocycles. The van der Waals surface area contributed by atoms with Crippen molar-refractivity contribution in [3.05, 3.63) is 52.5 Å². The van der Waals surface area contributed by atoms with Crippen LogP contribution in [0.3, 0.4) is 0 Å². The Morgan fingerprint density at radius 3 is 2.00 bits per heavy atom. The van der Waals surface area contributed by atoms with Gasteiger partial charge in [-0.25, -0.2) is 18.0 Å². The summed E-state index contributed by atoms with van der Waals surface area (Å²) in [5.74, 6) is -2.15. The predicted octanol–water partition coefficient (Wildman–Crippen LogP) is 2.96. The van der Waals surface area contributed by atoms with Crippen LogP contribution in [0.5, 0.6) is 5.75 Å². The van der Waals surface area contributed by atoms with Crippen molar-refractivity contribution in [3.63, 3.8) is 0 Å². The Kier molecular flexibility index (Phi) is 9.42. The van der Waals surface area contributed by atoms with E-state index >= 15 is 0 Å². The second-order valence-corrected chi connectivity index (χ2v) is 9.14. The largest absolute Gasteiger partial charge is 0.482 e. The molecule has 184 valence electrons. The molecule has 10 nitrogen and oxygen atoms in total. The number of carbonyl (C=O) groups is 3. The van der Waals surface area contributed by atoms with Crippen molar-refractivity contribution >= 4 is 45.2 Å². The SMILES string of the molecule is CCN(CC)S(=O)(=O)c1cc(Cl)ccc1OCC(=O)Nc1cc(C(=O)OC)cc(C(=O)OC)c1. The number of anilines is 1. The Hall–Kier alpha value is -3.15. The van der Waals surface area contributed by atoms with E-state index in [1.807, 2.05) is 0 Å². The Balaban J connectivity index is 2.26. The van der Waals surface area contributed by atoms with E-state index in [4.69, 9.17) is 16.3 Å². The first-order chi connectivity index (χ1) is 16.1. The van der Waals surface area contributed by atoms with Gasteiger partial charge in [0.05, 0.1) is 25.3 Å². The van der Waals surface area contributed by atoms with Crippen LogP contribution in [-0.4, -0.2) is 64.5 Å². The summed E-state index contributed by atoms with van der Waals surface area (Å²) in [6, 6.07) is 7.95. The van der Waals surface area contributed by atoms with Gasteiger partial charge in [-0.15, -0.1) is 0 Å². The predicted molar refractivity (Wildman–Crippen MR) is 125 cm³/mol. The first kappa shape index (κ1) is 27.1. The first-order valence-corrected chi connectivity index (χ1v) is 11.9. The van der Waals surface area contributed by atoms with E-state index in [-0.39, 0.29) is 45.6 Å². The van der Waals surface area contributed by atoms with E-state index < -0.39 is 34.5 Å². The number of methoxy groups -OCH3 is 2. The quantitative estimate of drug-likeness (QED) is 0.481. The van der Waals surface area contributed by atoms with E-state index in [1.165, 1.54) is 54.9 Å². The third-order valence-electron chi connectivity index (χ3n) is 4.65. The average Bonchev–Trinajstić information content (AvgIpc) is 2.82. The van der Waals surface area contributed by atoms with Crippen molar-refractivity contribution in [1.82, 2.24) is 4.31 Å².